The van der Waals surface area contributed by atoms with Crippen LogP contribution in [0.15, 0.2) is 18.5 Å². The highest BCUT2D eigenvalue weighted by Gasteiger charge is 2.16. The number of rotatable bonds is 14. The molecule has 164 valence electrons. The van der Waals surface area contributed by atoms with Gasteiger partial charge in [0.25, 0.3) is 0 Å². The Hall–Kier alpha value is -2.97. The standard InChI is InChI=1S/C21H32N6O3/c1-3-23-18-12-17(26-20(22)27-18)10-8-6-5-7-9-15(11-19(28)29)16-13-24-21(25-14-16)30-4-2/h12-15H,3-11H2,1-2H3,(H,28,29)(H3,22,23,26,27)/t15-/m0/s1. The van der Waals surface area contributed by atoms with Gasteiger partial charge in [-0.1, -0.05) is 19.3 Å². The van der Waals surface area contributed by atoms with Crippen molar-refractivity contribution in [2.45, 2.75) is 64.7 Å². The maximum atomic E-state index is 11.3. The predicted octanol–water partition coefficient (Wildman–Crippen LogP) is 3.43. The Morgan fingerprint density at radius 2 is 1.90 bits per heavy atom. The van der Waals surface area contributed by atoms with Gasteiger partial charge in [0.15, 0.2) is 0 Å². The number of aliphatic carboxylic acids is 1. The fourth-order valence-electron chi connectivity index (χ4n) is 3.31. The molecule has 0 unspecified atom stereocenters. The molecule has 0 radical (unpaired) electrons. The van der Waals surface area contributed by atoms with E-state index < -0.39 is 5.97 Å². The minimum Gasteiger partial charge on any atom is -0.481 e. The molecular formula is C21H32N6O3. The minimum absolute atomic E-state index is 0.0742. The summed E-state index contributed by atoms with van der Waals surface area (Å²) in [5, 5.41) is 12.4. The van der Waals surface area contributed by atoms with Gasteiger partial charge in [-0.05, 0) is 44.6 Å². The van der Waals surface area contributed by atoms with E-state index in [9.17, 15) is 9.90 Å². The third-order valence-corrected chi connectivity index (χ3v) is 4.70. The van der Waals surface area contributed by atoms with E-state index in [0.29, 0.717) is 12.6 Å². The number of hydrogen-bond acceptors (Lipinski definition) is 8. The van der Waals surface area contributed by atoms with Crippen molar-refractivity contribution in [1.82, 2.24) is 19.9 Å². The van der Waals surface area contributed by atoms with E-state index in [1.165, 1.54) is 0 Å². The van der Waals surface area contributed by atoms with E-state index >= 15 is 0 Å². The second kappa shape index (κ2) is 12.6. The largest absolute Gasteiger partial charge is 0.481 e. The minimum atomic E-state index is -0.813. The molecule has 9 nitrogen and oxygen atoms in total. The van der Waals surface area contributed by atoms with E-state index in [0.717, 1.165) is 62.1 Å². The molecular weight excluding hydrogens is 384 g/mol. The summed E-state index contributed by atoms with van der Waals surface area (Å²) in [5.41, 5.74) is 7.55. The molecule has 30 heavy (non-hydrogen) atoms. The SMILES string of the molecule is CCNc1cc(CCCCCC[C@@H](CC(=O)O)c2cnc(OCC)nc2)nc(N)n1. The number of ether oxygens (including phenoxy) is 1. The second-order valence-corrected chi connectivity index (χ2v) is 7.11. The van der Waals surface area contributed by atoms with Gasteiger partial charge in [-0.25, -0.2) is 15.0 Å². The maximum absolute atomic E-state index is 11.3. The van der Waals surface area contributed by atoms with E-state index in [4.69, 9.17) is 10.5 Å². The monoisotopic (exact) mass is 416 g/mol. The first-order chi connectivity index (χ1) is 14.5. The lowest BCUT2D eigenvalue weighted by molar-refractivity contribution is -0.137. The Morgan fingerprint density at radius 1 is 1.17 bits per heavy atom. The molecule has 2 aromatic rings. The number of nitrogen functional groups attached to an aromatic ring is 1. The van der Waals surface area contributed by atoms with Crippen LogP contribution in [0.1, 0.15) is 69.5 Å². The summed E-state index contributed by atoms with van der Waals surface area (Å²) in [4.78, 5) is 28.0. The number of nitrogens with two attached hydrogens (primary N) is 1. The molecule has 1 atom stereocenters. The molecule has 0 amide bonds. The van der Waals surface area contributed by atoms with Crippen molar-refractivity contribution in [2.75, 3.05) is 24.2 Å². The molecule has 2 aromatic heterocycles. The van der Waals surface area contributed by atoms with E-state index in [-0.39, 0.29) is 18.3 Å². The number of anilines is 2. The molecule has 0 bridgehead atoms. The number of aromatic nitrogens is 4. The molecule has 0 saturated heterocycles. The average Bonchev–Trinajstić information content (AvgIpc) is 2.70. The van der Waals surface area contributed by atoms with Crippen LogP contribution >= 0.6 is 0 Å². The highest BCUT2D eigenvalue weighted by Crippen LogP contribution is 2.26. The third-order valence-electron chi connectivity index (χ3n) is 4.70. The first-order valence-corrected chi connectivity index (χ1v) is 10.6. The molecule has 9 heteroatoms. The van der Waals surface area contributed by atoms with Crippen LogP contribution < -0.4 is 15.8 Å². The lowest BCUT2D eigenvalue weighted by Gasteiger charge is -2.15. The van der Waals surface area contributed by atoms with E-state index in [1.54, 1.807) is 12.4 Å². The smallest absolute Gasteiger partial charge is 0.316 e. The number of carboxylic acids is 1. The van der Waals surface area contributed by atoms with Crippen molar-refractivity contribution in [3.05, 3.63) is 29.7 Å². The fraction of sp³-hybridized carbons (Fsp3) is 0.571. The summed E-state index contributed by atoms with van der Waals surface area (Å²) in [6, 6.07) is 2.26. The van der Waals surface area contributed by atoms with Gasteiger partial charge >= 0.3 is 12.0 Å². The summed E-state index contributed by atoms with van der Waals surface area (Å²) in [6.07, 6.45) is 9.06. The van der Waals surface area contributed by atoms with E-state index in [2.05, 4.69) is 25.3 Å². The lowest BCUT2D eigenvalue weighted by Crippen LogP contribution is -2.08. The Labute approximate surface area is 177 Å². The van der Waals surface area contributed by atoms with Crippen LogP contribution in [0, 0.1) is 0 Å². The molecule has 0 aliphatic carbocycles. The topological polar surface area (TPSA) is 136 Å². The number of carbonyl (C=O) groups is 1. The van der Waals surface area contributed by atoms with Crippen LogP contribution in [-0.2, 0) is 11.2 Å². The number of nitrogens with one attached hydrogen (secondary N) is 1. The van der Waals surface area contributed by atoms with Gasteiger partial charge in [0, 0.05) is 30.7 Å². The van der Waals surface area contributed by atoms with Crippen LogP contribution in [0.5, 0.6) is 6.01 Å². The van der Waals surface area contributed by atoms with Crippen molar-refractivity contribution in [1.29, 1.82) is 0 Å². The quantitative estimate of drug-likeness (QED) is 0.396. The highest BCUT2D eigenvalue weighted by molar-refractivity contribution is 5.68. The highest BCUT2D eigenvalue weighted by atomic mass is 16.5. The molecule has 4 N–H and O–H groups in total. The number of nitrogens with zero attached hydrogens (tertiary/aromatic N) is 4. The molecule has 0 aromatic carbocycles. The second-order valence-electron chi connectivity index (χ2n) is 7.11. The molecule has 2 heterocycles. The Balaban J connectivity index is 1.78. The van der Waals surface area contributed by atoms with Gasteiger partial charge in [-0.15, -0.1) is 0 Å². The van der Waals surface area contributed by atoms with Gasteiger partial charge in [0.05, 0.1) is 13.0 Å². The normalized spacial score (nSPS) is 11.8. The molecule has 0 aliphatic rings. The molecule has 0 fully saturated rings. The molecule has 0 spiro atoms. The number of aryl methyl sites for hydroxylation is 1. The zero-order chi connectivity index (χ0) is 21.8. The molecule has 0 aliphatic heterocycles. The Kier molecular flexibility index (Phi) is 9.76. The first-order valence-electron chi connectivity index (χ1n) is 10.6. The van der Waals surface area contributed by atoms with Crippen LogP contribution in [0.2, 0.25) is 0 Å². The Morgan fingerprint density at radius 3 is 2.57 bits per heavy atom. The van der Waals surface area contributed by atoms with Crippen LogP contribution in [0.4, 0.5) is 11.8 Å². The lowest BCUT2D eigenvalue weighted by atomic mass is 9.92. The maximum Gasteiger partial charge on any atom is 0.316 e. The number of unbranched alkanes of at least 4 members (excludes halogenated alkanes) is 3. The summed E-state index contributed by atoms with van der Waals surface area (Å²) in [5.74, 6) is 0.140. The first kappa shape index (κ1) is 23.3. The predicted molar refractivity (Wildman–Crippen MR) is 116 cm³/mol. The van der Waals surface area contributed by atoms with Gasteiger partial charge in [-0.3, -0.25) is 4.79 Å². The fourth-order valence-corrected chi connectivity index (χ4v) is 3.31. The zero-order valence-electron chi connectivity index (χ0n) is 17.8. The number of hydrogen-bond donors (Lipinski definition) is 3. The summed E-state index contributed by atoms with van der Waals surface area (Å²) < 4.78 is 5.25. The van der Waals surface area contributed by atoms with Gasteiger partial charge in [0.2, 0.25) is 5.95 Å². The van der Waals surface area contributed by atoms with Gasteiger partial charge in [-0.2, -0.15) is 4.98 Å². The zero-order valence-corrected chi connectivity index (χ0v) is 17.8. The molecule has 0 saturated carbocycles. The third kappa shape index (κ3) is 8.18. The van der Waals surface area contributed by atoms with Crippen LogP contribution in [0.25, 0.3) is 0 Å². The average molecular weight is 417 g/mol. The van der Waals surface area contributed by atoms with Gasteiger partial charge in [0.1, 0.15) is 5.82 Å². The van der Waals surface area contributed by atoms with Crippen molar-refractivity contribution in [3.8, 4) is 6.01 Å². The summed E-state index contributed by atoms with van der Waals surface area (Å²) >= 11 is 0. The summed E-state index contributed by atoms with van der Waals surface area (Å²) in [6.45, 7) is 5.16. The molecule has 2 rings (SSSR count). The van der Waals surface area contributed by atoms with Gasteiger partial charge < -0.3 is 20.9 Å². The van der Waals surface area contributed by atoms with E-state index in [1.807, 2.05) is 19.9 Å². The summed E-state index contributed by atoms with van der Waals surface area (Å²) in [7, 11) is 0. The Bertz CT molecular complexity index is 785. The van der Waals surface area contributed by atoms with Crippen molar-refractivity contribution >= 4 is 17.7 Å². The van der Waals surface area contributed by atoms with Crippen molar-refractivity contribution < 1.29 is 14.6 Å². The van der Waals surface area contributed by atoms with Crippen molar-refractivity contribution in [3.63, 3.8) is 0 Å². The van der Waals surface area contributed by atoms with Crippen molar-refractivity contribution in [2.24, 2.45) is 0 Å². The van der Waals surface area contributed by atoms with Crippen LogP contribution in [-0.4, -0.2) is 44.2 Å². The van der Waals surface area contributed by atoms with Crippen LogP contribution in [0.3, 0.4) is 0 Å². The number of carboxylic acid groups (broad SMARTS) is 1.